The van der Waals surface area contributed by atoms with E-state index in [1.54, 1.807) is 31.4 Å². The highest BCUT2D eigenvalue weighted by Crippen LogP contribution is 2.29. The molecule has 0 aliphatic rings. The standard InChI is InChI=1S/C18H20O5/c1-12-8-9-14(21-2)13(10-12)11-17(18(19)20)23-16-7-5-4-6-15(16)22-3/h4-10,17H,11H2,1-3H3,(H,19,20)/t17-/m0/s1. The van der Waals surface area contributed by atoms with Crippen LogP contribution in [-0.2, 0) is 11.2 Å². The molecule has 0 aromatic heterocycles. The smallest absolute Gasteiger partial charge is 0.345 e. The number of hydrogen-bond donors (Lipinski definition) is 1. The molecule has 0 heterocycles. The summed E-state index contributed by atoms with van der Waals surface area (Å²) in [5.74, 6) is 0.494. The van der Waals surface area contributed by atoms with E-state index in [-0.39, 0.29) is 6.42 Å². The van der Waals surface area contributed by atoms with Gasteiger partial charge < -0.3 is 19.3 Å². The molecule has 1 N–H and O–H groups in total. The lowest BCUT2D eigenvalue weighted by atomic mass is 10.0. The van der Waals surface area contributed by atoms with Crippen LogP contribution >= 0.6 is 0 Å². The fraction of sp³-hybridized carbons (Fsp3) is 0.278. The van der Waals surface area contributed by atoms with E-state index in [2.05, 4.69) is 0 Å². The molecule has 0 fully saturated rings. The number of aryl methyl sites for hydroxylation is 1. The minimum Gasteiger partial charge on any atom is -0.496 e. The molecule has 2 rings (SSSR count). The Kier molecular flexibility index (Phi) is 5.46. The topological polar surface area (TPSA) is 65.0 Å². The SMILES string of the molecule is COc1ccc(C)cc1C[C@H](Oc1ccccc1OC)C(=O)O. The number of carboxylic acid groups (broad SMARTS) is 1. The molecule has 2 aromatic carbocycles. The van der Waals surface area contributed by atoms with Gasteiger partial charge in [0.15, 0.2) is 17.6 Å². The Labute approximate surface area is 135 Å². The summed E-state index contributed by atoms with van der Waals surface area (Å²) >= 11 is 0. The van der Waals surface area contributed by atoms with Gasteiger partial charge in [-0.3, -0.25) is 0 Å². The van der Waals surface area contributed by atoms with Crippen LogP contribution in [0.15, 0.2) is 42.5 Å². The van der Waals surface area contributed by atoms with Gasteiger partial charge in [0.2, 0.25) is 0 Å². The van der Waals surface area contributed by atoms with Crippen molar-refractivity contribution in [2.45, 2.75) is 19.4 Å². The molecule has 5 heteroatoms. The molecule has 1 atom stereocenters. The van der Waals surface area contributed by atoms with Gasteiger partial charge in [0.25, 0.3) is 0 Å². The lowest BCUT2D eigenvalue weighted by Gasteiger charge is -2.18. The predicted molar refractivity (Wildman–Crippen MR) is 86.5 cm³/mol. The summed E-state index contributed by atoms with van der Waals surface area (Å²) in [5, 5.41) is 9.49. The molecule has 2 aromatic rings. The Morgan fingerprint density at radius 3 is 2.30 bits per heavy atom. The first-order valence-electron chi connectivity index (χ1n) is 7.21. The van der Waals surface area contributed by atoms with E-state index in [1.165, 1.54) is 7.11 Å². The summed E-state index contributed by atoms with van der Waals surface area (Å²) in [4.78, 5) is 11.6. The van der Waals surface area contributed by atoms with E-state index >= 15 is 0 Å². The quantitative estimate of drug-likeness (QED) is 0.850. The minimum atomic E-state index is -1.04. The maximum atomic E-state index is 11.6. The number of hydrogen-bond acceptors (Lipinski definition) is 4. The second kappa shape index (κ2) is 7.54. The molecular weight excluding hydrogens is 296 g/mol. The van der Waals surface area contributed by atoms with Crippen molar-refractivity contribution in [3.8, 4) is 17.2 Å². The third kappa shape index (κ3) is 4.16. The van der Waals surface area contributed by atoms with Gasteiger partial charge in [-0.2, -0.15) is 0 Å². The predicted octanol–water partition coefficient (Wildman–Crippen LogP) is 3.09. The molecule has 0 radical (unpaired) electrons. The van der Waals surface area contributed by atoms with Crippen LogP contribution in [0.5, 0.6) is 17.2 Å². The van der Waals surface area contributed by atoms with Gasteiger partial charge in [-0.25, -0.2) is 4.79 Å². The van der Waals surface area contributed by atoms with Crippen molar-refractivity contribution < 1.29 is 24.1 Å². The van der Waals surface area contributed by atoms with Crippen LogP contribution in [0.4, 0.5) is 0 Å². The first kappa shape index (κ1) is 16.7. The summed E-state index contributed by atoms with van der Waals surface area (Å²) in [6.07, 6.45) is -0.847. The van der Waals surface area contributed by atoms with Gasteiger partial charge in [0, 0.05) is 6.42 Å². The molecule has 0 spiro atoms. The average Bonchev–Trinajstić information content (AvgIpc) is 2.54. The summed E-state index contributed by atoms with van der Waals surface area (Å²) < 4.78 is 16.2. The van der Waals surface area contributed by atoms with Crippen LogP contribution in [0.1, 0.15) is 11.1 Å². The summed E-state index contributed by atoms with van der Waals surface area (Å²) in [7, 11) is 3.08. The Bertz CT molecular complexity index is 681. The lowest BCUT2D eigenvalue weighted by molar-refractivity contribution is -0.145. The highest BCUT2D eigenvalue weighted by Gasteiger charge is 2.23. The fourth-order valence-corrected chi connectivity index (χ4v) is 2.32. The third-order valence-electron chi connectivity index (χ3n) is 3.45. The van der Waals surface area contributed by atoms with Gasteiger partial charge in [-0.1, -0.05) is 29.8 Å². The molecule has 0 aliphatic carbocycles. The number of rotatable bonds is 7. The highest BCUT2D eigenvalue weighted by molar-refractivity contribution is 5.73. The number of aliphatic carboxylic acids is 1. The van der Waals surface area contributed by atoms with E-state index in [9.17, 15) is 9.90 Å². The molecule has 0 bridgehead atoms. The van der Waals surface area contributed by atoms with Crippen molar-refractivity contribution in [3.63, 3.8) is 0 Å². The van der Waals surface area contributed by atoms with E-state index in [0.29, 0.717) is 17.2 Å². The van der Waals surface area contributed by atoms with E-state index in [1.807, 2.05) is 25.1 Å². The highest BCUT2D eigenvalue weighted by atomic mass is 16.5. The summed E-state index contributed by atoms with van der Waals surface area (Å²) in [6, 6.07) is 12.6. The van der Waals surface area contributed by atoms with Gasteiger partial charge >= 0.3 is 5.97 Å². The Balaban J connectivity index is 2.26. The third-order valence-corrected chi connectivity index (χ3v) is 3.45. The molecule has 23 heavy (non-hydrogen) atoms. The van der Waals surface area contributed by atoms with Crippen molar-refractivity contribution in [1.29, 1.82) is 0 Å². The van der Waals surface area contributed by atoms with E-state index < -0.39 is 12.1 Å². The maximum Gasteiger partial charge on any atom is 0.345 e. The summed E-state index contributed by atoms with van der Waals surface area (Å²) in [5.41, 5.74) is 1.82. The van der Waals surface area contributed by atoms with Crippen molar-refractivity contribution in [1.82, 2.24) is 0 Å². The van der Waals surface area contributed by atoms with Gasteiger partial charge in [-0.05, 0) is 30.7 Å². The molecule has 0 unspecified atom stereocenters. The fourth-order valence-electron chi connectivity index (χ4n) is 2.32. The molecule has 0 saturated carbocycles. The average molecular weight is 316 g/mol. The second-order valence-electron chi connectivity index (χ2n) is 5.12. The van der Waals surface area contributed by atoms with Crippen LogP contribution in [0, 0.1) is 6.92 Å². The molecular formula is C18H20O5. The summed E-state index contributed by atoms with van der Waals surface area (Å²) in [6.45, 7) is 1.94. The zero-order valence-electron chi connectivity index (χ0n) is 13.4. The van der Waals surface area contributed by atoms with Crippen LogP contribution in [0.2, 0.25) is 0 Å². The largest absolute Gasteiger partial charge is 0.496 e. The van der Waals surface area contributed by atoms with Gasteiger partial charge in [-0.15, -0.1) is 0 Å². The molecule has 122 valence electrons. The maximum absolute atomic E-state index is 11.6. The first-order chi connectivity index (χ1) is 11.0. The monoisotopic (exact) mass is 316 g/mol. The molecule has 0 amide bonds. The minimum absolute atomic E-state index is 0.193. The molecule has 0 aliphatic heterocycles. The number of para-hydroxylation sites is 2. The van der Waals surface area contributed by atoms with E-state index in [0.717, 1.165) is 11.1 Å². The number of benzene rings is 2. The molecule has 0 saturated heterocycles. The number of methoxy groups -OCH3 is 2. The zero-order chi connectivity index (χ0) is 16.8. The van der Waals surface area contributed by atoms with Gasteiger partial charge in [0.1, 0.15) is 5.75 Å². The first-order valence-corrected chi connectivity index (χ1v) is 7.21. The van der Waals surface area contributed by atoms with Crippen molar-refractivity contribution in [3.05, 3.63) is 53.6 Å². The van der Waals surface area contributed by atoms with Crippen molar-refractivity contribution in [2.24, 2.45) is 0 Å². The Hall–Kier alpha value is -2.69. The number of carbonyl (C=O) groups is 1. The Morgan fingerprint density at radius 2 is 1.70 bits per heavy atom. The van der Waals surface area contributed by atoms with E-state index in [4.69, 9.17) is 14.2 Å². The van der Waals surface area contributed by atoms with Gasteiger partial charge in [0.05, 0.1) is 14.2 Å². The molecule has 5 nitrogen and oxygen atoms in total. The van der Waals surface area contributed by atoms with Crippen LogP contribution < -0.4 is 14.2 Å². The van der Waals surface area contributed by atoms with Crippen LogP contribution in [-0.4, -0.2) is 31.4 Å². The lowest BCUT2D eigenvalue weighted by Crippen LogP contribution is -2.29. The number of ether oxygens (including phenoxy) is 3. The van der Waals surface area contributed by atoms with Crippen LogP contribution in [0.3, 0.4) is 0 Å². The van der Waals surface area contributed by atoms with Crippen molar-refractivity contribution >= 4 is 5.97 Å². The second-order valence-corrected chi connectivity index (χ2v) is 5.12. The number of carboxylic acids is 1. The normalized spacial score (nSPS) is 11.6. The van der Waals surface area contributed by atoms with Crippen LogP contribution in [0.25, 0.3) is 0 Å². The van der Waals surface area contributed by atoms with Crippen molar-refractivity contribution in [2.75, 3.05) is 14.2 Å². The Morgan fingerprint density at radius 1 is 1.04 bits per heavy atom. The zero-order valence-corrected chi connectivity index (χ0v) is 13.4.